The Morgan fingerprint density at radius 2 is 1.58 bits per heavy atom. The van der Waals surface area contributed by atoms with Crippen molar-refractivity contribution in [3.63, 3.8) is 0 Å². The van der Waals surface area contributed by atoms with E-state index in [1.54, 1.807) is 64.1 Å². The summed E-state index contributed by atoms with van der Waals surface area (Å²) in [5.41, 5.74) is 2.62. The second-order valence-electron chi connectivity index (χ2n) is 8.16. The molecule has 0 bridgehead atoms. The van der Waals surface area contributed by atoms with Gasteiger partial charge in [-0.3, -0.25) is 4.79 Å². The van der Waals surface area contributed by atoms with Crippen LogP contribution in [-0.4, -0.2) is 32.6 Å². The predicted molar refractivity (Wildman–Crippen MR) is 122 cm³/mol. The van der Waals surface area contributed by atoms with Gasteiger partial charge in [-0.15, -0.1) is 0 Å². The van der Waals surface area contributed by atoms with Crippen molar-refractivity contribution in [3.05, 3.63) is 63.7 Å². The molecule has 3 atom stereocenters. The number of rotatable bonds is 8. The Bertz CT molecular complexity index is 1010. The molecular formula is C23H30ClNO5S. The largest absolute Gasteiger partial charge is 0.469 e. The summed E-state index contributed by atoms with van der Waals surface area (Å²) >= 11 is 5.93. The summed E-state index contributed by atoms with van der Waals surface area (Å²) in [5.74, 6) is -2.18. The molecule has 170 valence electrons. The van der Waals surface area contributed by atoms with Crippen molar-refractivity contribution in [3.8, 4) is 0 Å². The van der Waals surface area contributed by atoms with Gasteiger partial charge >= 0.3 is 5.97 Å². The lowest BCUT2D eigenvalue weighted by Gasteiger charge is -2.32. The van der Waals surface area contributed by atoms with Crippen LogP contribution >= 0.6 is 11.6 Å². The number of sulfonamides is 1. The molecule has 2 aromatic rings. The van der Waals surface area contributed by atoms with E-state index in [0.29, 0.717) is 21.7 Å². The molecule has 6 nitrogen and oxygen atoms in total. The Balaban J connectivity index is 2.52. The normalized spacial score (nSPS) is 14.9. The molecular weight excluding hydrogens is 438 g/mol. The van der Waals surface area contributed by atoms with Crippen LogP contribution in [0.15, 0.2) is 41.3 Å². The number of ether oxygens (including phenoxy) is 1. The average molecular weight is 468 g/mol. The molecule has 0 aliphatic heterocycles. The number of aryl methyl sites for hydroxylation is 3. The summed E-state index contributed by atoms with van der Waals surface area (Å²) in [4.78, 5) is 12.9. The van der Waals surface area contributed by atoms with Gasteiger partial charge in [0.1, 0.15) is 5.92 Å². The summed E-state index contributed by atoms with van der Waals surface area (Å²) in [6.07, 6.45) is -1.29. The summed E-state index contributed by atoms with van der Waals surface area (Å²) in [6.45, 7) is 8.94. The topological polar surface area (TPSA) is 92.7 Å². The molecule has 0 saturated heterocycles. The fourth-order valence-electron chi connectivity index (χ4n) is 3.93. The number of hydrogen-bond acceptors (Lipinski definition) is 5. The SMILES string of the molecule is COC(=O)[C@@H]([C@H](O)c1ccc(Cl)cc1)[C@@H](NS(=O)(=O)c1c(C)cc(C)cc1C)C(C)C. The van der Waals surface area contributed by atoms with E-state index in [1.165, 1.54) is 7.11 Å². The summed E-state index contributed by atoms with van der Waals surface area (Å²) in [6, 6.07) is 9.08. The molecule has 31 heavy (non-hydrogen) atoms. The van der Waals surface area contributed by atoms with Gasteiger partial charge in [-0.25, -0.2) is 13.1 Å². The lowest BCUT2D eigenvalue weighted by molar-refractivity contribution is -0.151. The lowest BCUT2D eigenvalue weighted by Crippen LogP contribution is -2.49. The number of esters is 1. The van der Waals surface area contributed by atoms with E-state index >= 15 is 0 Å². The van der Waals surface area contributed by atoms with Gasteiger partial charge in [-0.1, -0.05) is 55.3 Å². The highest BCUT2D eigenvalue weighted by molar-refractivity contribution is 7.89. The number of nitrogens with one attached hydrogen (secondary N) is 1. The molecule has 2 N–H and O–H groups in total. The molecule has 2 aromatic carbocycles. The Morgan fingerprint density at radius 3 is 2.03 bits per heavy atom. The van der Waals surface area contributed by atoms with E-state index in [4.69, 9.17) is 16.3 Å². The fraction of sp³-hybridized carbons (Fsp3) is 0.435. The van der Waals surface area contributed by atoms with Crippen molar-refractivity contribution in [2.75, 3.05) is 7.11 Å². The van der Waals surface area contributed by atoms with Crippen LogP contribution in [0.2, 0.25) is 5.02 Å². The van der Waals surface area contributed by atoms with Crippen LogP contribution in [0.4, 0.5) is 0 Å². The number of aliphatic hydroxyl groups is 1. The molecule has 0 heterocycles. The Kier molecular flexibility index (Phi) is 8.27. The maximum absolute atomic E-state index is 13.4. The van der Waals surface area contributed by atoms with E-state index in [2.05, 4.69) is 4.72 Å². The molecule has 0 fully saturated rings. The molecule has 2 rings (SSSR count). The number of carbonyl (C=O) groups excluding carboxylic acids is 1. The van der Waals surface area contributed by atoms with Crippen LogP contribution in [0.1, 0.15) is 42.2 Å². The van der Waals surface area contributed by atoms with Crippen molar-refractivity contribution in [2.45, 2.75) is 51.7 Å². The average Bonchev–Trinajstić information content (AvgIpc) is 2.66. The first-order chi connectivity index (χ1) is 14.4. The number of carbonyl (C=O) groups is 1. The minimum absolute atomic E-state index is 0.174. The van der Waals surface area contributed by atoms with Gasteiger partial charge in [0.2, 0.25) is 10.0 Å². The minimum Gasteiger partial charge on any atom is -0.469 e. The lowest BCUT2D eigenvalue weighted by atomic mass is 9.84. The zero-order valence-electron chi connectivity index (χ0n) is 18.6. The predicted octanol–water partition coefficient (Wildman–Crippen LogP) is 4.09. The van der Waals surface area contributed by atoms with Crippen LogP contribution in [0, 0.1) is 32.6 Å². The fourth-order valence-corrected chi connectivity index (χ4v) is 5.91. The van der Waals surface area contributed by atoms with Crippen LogP contribution in [0.25, 0.3) is 0 Å². The molecule has 0 saturated carbocycles. The van der Waals surface area contributed by atoms with Gasteiger partial charge in [0.15, 0.2) is 0 Å². The maximum Gasteiger partial charge on any atom is 0.313 e. The molecule has 0 aliphatic rings. The quantitative estimate of drug-likeness (QED) is 0.570. The molecule has 0 radical (unpaired) electrons. The Morgan fingerprint density at radius 1 is 1.06 bits per heavy atom. The Hall–Kier alpha value is -1.93. The second-order valence-corrected chi connectivity index (χ2v) is 10.3. The van der Waals surface area contributed by atoms with Crippen molar-refractivity contribution >= 4 is 27.6 Å². The van der Waals surface area contributed by atoms with Crippen molar-refractivity contribution in [1.82, 2.24) is 4.72 Å². The summed E-state index contributed by atoms with van der Waals surface area (Å²) in [5, 5.41) is 11.5. The van der Waals surface area contributed by atoms with E-state index in [-0.39, 0.29) is 10.8 Å². The van der Waals surface area contributed by atoms with Crippen molar-refractivity contribution in [1.29, 1.82) is 0 Å². The third kappa shape index (κ3) is 5.86. The molecule has 0 spiro atoms. The highest BCUT2D eigenvalue weighted by Gasteiger charge is 2.40. The van der Waals surface area contributed by atoms with Gasteiger partial charge in [0, 0.05) is 11.1 Å². The second kappa shape index (κ2) is 10.1. The zero-order chi connectivity index (χ0) is 23.5. The van der Waals surface area contributed by atoms with Crippen molar-refractivity contribution in [2.24, 2.45) is 11.8 Å². The van der Waals surface area contributed by atoms with E-state index in [0.717, 1.165) is 5.56 Å². The highest BCUT2D eigenvalue weighted by Crippen LogP contribution is 2.32. The maximum atomic E-state index is 13.4. The number of hydrogen-bond donors (Lipinski definition) is 2. The third-order valence-electron chi connectivity index (χ3n) is 5.29. The van der Waals surface area contributed by atoms with Gasteiger partial charge < -0.3 is 9.84 Å². The van der Waals surface area contributed by atoms with Gasteiger partial charge in [0.25, 0.3) is 0 Å². The molecule has 0 aliphatic carbocycles. The van der Waals surface area contributed by atoms with Crippen LogP contribution < -0.4 is 4.72 Å². The smallest absolute Gasteiger partial charge is 0.313 e. The molecule has 8 heteroatoms. The zero-order valence-corrected chi connectivity index (χ0v) is 20.2. The molecule has 0 amide bonds. The first-order valence-electron chi connectivity index (χ1n) is 10.0. The first-order valence-corrected chi connectivity index (χ1v) is 11.9. The number of methoxy groups -OCH3 is 1. The highest BCUT2D eigenvalue weighted by atomic mass is 35.5. The van der Waals surface area contributed by atoms with Crippen molar-refractivity contribution < 1.29 is 23.1 Å². The third-order valence-corrected chi connectivity index (χ3v) is 7.31. The number of aliphatic hydroxyl groups excluding tert-OH is 1. The molecule has 0 unspecified atom stereocenters. The minimum atomic E-state index is -3.98. The van der Waals surface area contributed by atoms with E-state index < -0.39 is 34.1 Å². The molecule has 0 aromatic heterocycles. The van der Waals surface area contributed by atoms with E-state index in [9.17, 15) is 18.3 Å². The van der Waals surface area contributed by atoms with Crippen LogP contribution in [0.5, 0.6) is 0 Å². The summed E-state index contributed by atoms with van der Waals surface area (Å²) in [7, 11) is -2.77. The number of halogens is 1. The van der Waals surface area contributed by atoms with E-state index in [1.807, 2.05) is 6.92 Å². The van der Waals surface area contributed by atoms with Gasteiger partial charge in [-0.05, 0) is 55.5 Å². The van der Waals surface area contributed by atoms with Gasteiger partial charge in [0.05, 0.1) is 18.1 Å². The van der Waals surface area contributed by atoms with Gasteiger partial charge in [-0.2, -0.15) is 0 Å². The Labute approximate surface area is 189 Å². The first kappa shape index (κ1) is 25.3. The summed E-state index contributed by atoms with van der Waals surface area (Å²) < 4.78 is 34.3. The van der Waals surface area contributed by atoms with Crippen LogP contribution in [-0.2, 0) is 19.6 Å². The standard InChI is InChI=1S/C23H30ClNO5S/c1-13(2)20(25-31(28,29)22-15(4)11-14(3)12-16(22)5)19(23(27)30-6)21(26)17-7-9-18(24)10-8-17/h7-13,19-21,25-26H,1-6H3/t19-,20+,21-/m1/s1. The number of benzene rings is 2. The van der Waals surface area contributed by atoms with Crippen LogP contribution in [0.3, 0.4) is 0 Å². The monoisotopic (exact) mass is 467 g/mol.